The molecule has 0 aliphatic heterocycles. The van der Waals surface area contributed by atoms with E-state index in [1.165, 1.54) is 19.2 Å². The Labute approximate surface area is 113 Å². The summed E-state index contributed by atoms with van der Waals surface area (Å²) in [7, 11) is -2.47. The van der Waals surface area contributed by atoms with Gasteiger partial charge in [0.15, 0.2) is 0 Å². The lowest BCUT2D eigenvalue weighted by Crippen LogP contribution is -2.41. The molecule has 1 aromatic carbocycles. The Morgan fingerprint density at radius 3 is 2.16 bits per heavy atom. The third-order valence-corrected chi connectivity index (χ3v) is 5.00. The molecule has 1 aromatic rings. The lowest BCUT2D eigenvalue weighted by molar-refractivity contribution is -0.141. The van der Waals surface area contributed by atoms with E-state index >= 15 is 0 Å². The van der Waals surface area contributed by atoms with E-state index in [1.807, 2.05) is 6.92 Å². The zero-order chi connectivity index (χ0) is 14.6. The Balaban J connectivity index is 3.11. The van der Waals surface area contributed by atoms with E-state index in [2.05, 4.69) is 0 Å². The number of hydrogen-bond donors (Lipinski definition) is 1. The smallest absolute Gasteiger partial charge is 0.321 e. The Hall–Kier alpha value is -1.40. The van der Waals surface area contributed by atoms with Crippen LogP contribution in [0, 0.1) is 0 Å². The largest absolute Gasteiger partial charge is 0.480 e. The van der Waals surface area contributed by atoms with E-state index in [4.69, 9.17) is 5.11 Å². The number of carbonyl (C=O) groups is 1. The van der Waals surface area contributed by atoms with Crippen molar-refractivity contribution in [3.05, 3.63) is 29.8 Å². The number of likely N-dealkylation sites (N-methyl/N-ethyl adjacent to an activating group) is 1. The van der Waals surface area contributed by atoms with Crippen LogP contribution in [0.1, 0.15) is 25.8 Å². The maximum absolute atomic E-state index is 12.3. The average Bonchev–Trinajstić information content (AvgIpc) is 2.39. The van der Waals surface area contributed by atoms with Crippen molar-refractivity contribution in [2.45, 2.75) is 37.6 Å². The second-order valence-electron chi connectivity index (χ2n) is 4.28. The Morgan fingerprint density at radius 1 is 1.26 bits per heavy atom. The van der Waals surface area contributed by atoms with Gasteiger partial charge < -0.3 is 5.11 Å². The zero-order valence-electron chi connectivity index (χ0n) is 11.3. The Morgan fingerprint density at radius 2 is 1.79 bits per heavy atom. The molecule has 0 amide bonds. The van der Waals surface area contributed by atoms with E-state index in [9.17, 15) is 13.2 Å². The lowest BCUT2D eigenvalue weighted by Gasteiger charge is -2.23. The van der Waals surface area contributed by atoms with Crippen LogP contribution in [0.25, 0.3) is 0 Å². The monoisotopic (exact) mass is 285 g/mol. The van der Waals surface area contributed by atoms with Crippen molar-refractivity contribution < 1.29 is 18.3 Å². The summed E-state index contributed by atoms with van der Waals surface area (Å²) in [5.74, 6) is -1.14. The molecule has 1 unspecified atom stereocenters. The topological polar surface area (TPSA) is 74.7 Å². The molecule has 0 aromatic heterocycles. The van der Waals surface area contributed by atoms with E-state index in [1.54, 1.807) is 19.1 Å². The van der Waals surface area contributed by atoms with Crippen LogP contribution in [0.15, 0.2) is 29.2 Å². The molecule has 1 atom stereocenters. The summed E-state index contributed by atoms with van der Waals surface area (Å²) in [6.45, 7) is 3.62. The number of benzene rings is 1. The molecule has 1 N–H and O–H groups in total. The van der Waals surface area contributed by atoms with Gasteiger partial charge in [-0.3, -0.25) is 4.79 Å². The van der Waals surface area contributed by atoms with Gasteiger partial charge in [0, 0.05) is 7.05 Å². The van der Waals surface area contributed by atoms with Gasteiger partial charge in [0.1, 0.15) is 6.04 Å². The van der Waals surface area contributed by atoms with Gasteiger partial charge in [0.25, 0.3) is 0 Å². The van der Waals surface area contributed by atoms with Crippen molar-refractivity contribution >= 4 is 16.0 Å². The highest BCUT2D eigenvalue weighted by atomic mass is 32.2. The maximum atomic E-state index is 12.3. The first-order valence-electron chi connectivity index (χ1n) is 6.14. The first-order chi connectivity index (χ1) is 8.84. The molecule has 19 heavy (non-hydrogen) atoms. The highest BCUT2D eigenvalue weighted by Gasteiger charge is 2.31. The minimum Gasteiger partial charge on any atom is -0.480 e. The number of hydrogen-bond acceptors (Lipinski definition) is 3. The summed E-state index contributed by atoms with van der Waals surface area (Å²) in [6, 6.07) is 5.46. The lowest BCUT2D eigenvalue weighted by atomic mass is 10.2. The SMILES string of the molecule is CCc1ccc(S(=O)(=O)N(C)C(CC)C(=O)O)cc1. The summed E-state index contributed by atoms with van der Waals surface area (Å²) in [6.07, 6.45) is 1.04. The quantitative estimate of drug-likeness (QED) is 0.863. The summed E-state index contributed by atoms with van der Waals surface area (Å²) in [4.78, 5) is 11.2. The van der Waals surface area contributed by atoms with Crippen LogP contribution in [0.5, 0.6) is 0 Å². The van der Waals surface area contributed by atoms with Gasteiger partial charge in [0.05, 0.1) is 4.90 Å². The number of nitrogens with zero attached hydrogens (tertiary/aromatic N) is 1. The van der Waals surface area contributed by atoms with Crippen molar-refractivity contribution in [1.29, 1.82) is 0 Å². The van der Waals surface area contributed by atoms with Gasteiger partial charge in [-0.15, -0.1) is 0 Å². The fourth-order valence-corrected chi connectivity index (χ4v) is 3.20. The maximum Gasteiger partial charge on any atom is 0.321 e. The molecule has 6 heteroatoms. The molecule has 0 aliphatic rings. The summed E-state index contributed by atoms with van der Waals surface area (Å²) < 4.78 is 25.5. The minimum absolute atomic E-state index is 0.118. The molecular formula is C13H19NO4S. The van der Waals surface area contributed by atoms with Gasteiger partial charge in [0.2, 0.25) is 10.0 Å². The third kappa shape index (κ3) is 3.33. The number of aliphatic carboxylic acids is 1. The molecular weight excluding hydrogens is 266 g/mol. The van der Waals surface area contributed by atoms with Crippen molar-refractivity contribution in [3.8, 4) is 0 Å². The molecule has 0 spiro atoms. The molecule has 0 bridgehead atoms. The molecule has 5 nitrogen and oxygen atoms in total. The summed E-state index contributed by atoms with van der Waals surface area (Å²) in [5, 5.41) is 9.03. The molecule has 0 radical (unpaired) electrons. The zero-order valence-corrected chi connectivity index (χ0v) is 12.1. The van der Waals surface area contributed by atoms with Crippen LogP contribution < -0.4 is 0 Å². The van der Waals surface area contributed by atoms with E-state index in [0.717, 1.165) is 16.3 Å². The first-order valence-corrected chi connectivity index (χ1v) is 7.58. The molecule has 0 fully saturated rings. The van der Waals surface area contributed by atoms with Gasteiger partial charge in [-0.1, -0.05) is 26.0 Å². The van der Waals surface area contributed by atoms with Crippen molar-refractivity contribution in [2.24, 2.45) is 0 Å². The van der Waals surface area contributed by atoms with Crippen molar-refractivity contribution in [1.82, 2.24) is 4.31 Å². The summed E-state index contributed by atoms with van der Waals surface area (Å²) >= 11 is 0. The van der Waals surface area contributed by atoms with Crippen LogP contribution in [0.2, 0.25) is 0 Å². The first kappa shape index (κ1) is 15.7. The molecule has 1 rings (SSSR count). The predicted octanol–water partition coefficient (Wildman–Crippen LogP) is 1.73. The highest BCUT2D eigenvalue weighted by Crippen LogP contribution is 2.18. The average molecular weight is 285 g/mol. The van der Waals surface area contributed by atoms with Crippen molar-refractivity contribution in [2.75, 3.05) is 7.05 Å². The van der Waals surface area contributed by atoms with Crippen LogP contribution in [-0.2, 0) is 21.2 Å². The van der Waals surface area contributed by atoms with Crippen LogP contribution in [-0.4, -0.2) is 36.9 Å². The van der Waals surface area contributed by atoms with Crippen LogP contribution in [0.3, 0.4) is 0 Å². The molecule has 0 aliphatic carbocycles. The Bertz CT molecular complexity index is 536. The van der Waals surface area contributed by atoms with E-state index in [0.29, 0.717) is 0 Å². The number of carboxylic acid groups (broad SMARTS) is 1. The minimum atomic E-state index is -3.77. The number of aryl methyl sites for hydroxylation is 1. The molecule has 0 saturated carbocycles. The Kier molecular flexibility index (Phi) is 5.08. The fraction of sp³-hybridized carbons (Fsp3) is 0.462. The number of sulfonamides is 1. The molecule has 0 saturated heterocycles. The third-order valence-electron chi connectivity index (χ3n) is 3.12. The van der Waals surface area contributed by atoms with Crippen LogP contribution >= 0.6 is 0 Å². The predicted molar refractivity (Wildman–Crippen MR) is 72.5 cm³/mol. The number of carboxylic acids is 1. The van der Waals surface area contributed by atoms with E-state index < -0.39 is 22.0 Å². The van der Waals surface area contributed by atoms with Gasteiger partial charge in [-0.2, -0.15) is 4.31 Å². The second-order valence-corrected chi connectivity index (χ2v) is 6.28. The molecule has 106 valence electrons. The fourth-order valence-electron chi connectivity index (χ4n) is 1.82. The normalized spacial score (nSPS) is 13.5. The second kappa shape index (κ2) is 6.16. The standard InChI is InChI=1S/C13H19NO4S/c1-4-10-6-8-11(9-7-10)19(17,18)14(3)12(5-2)13(15)16/h6-9,12H,4-5H2,1-3H3,(H,15,16). The van der Waals surface area contributed by atoms with E-state index in [-0.39, 0.29) is 11.3 Å². The van der Waals surface area contributed by atoms with Gasteiger partial charge in [-0.25, -0.2) is 8.42 Å². The summed E-state index contributed by atoms with van der Waals surface area (Å²) in [5.41, 5.74) is 1.03. The van der Waals surface area contributed by atoms with Gasteiger partial charge >= 0.3 is 5.97 Å². The van der Waals surface area contributed by atoms with Crippen LogP contribution in [0.4, 0.5) is 0 Å². The van der Waals surface area contributed by atoms with Crippen molar-refractivity contribution in [3.63, 3.8) is 0 Å². The molecule has 0 heterocycles. The highest BCUT2D eigenvalue weighted by molar-refractivity contribution is 7.89. The van der Waals surface area contributed by atoms with Gasteiger partial charge in [-0.05, 0) is 30.5 Å². The number of rotatable bonds is 6.